The van der Waals surface area contributed by atoms with E-state index < -0.39 is 0 Å². The number of carbonyl (C=O) groups excluding carboxylic acids is 1. The van der Waals surface area contributed by atoms with Crippen molar-refractivity contribution in [2.45, 2.75) is 25.2 Å². The molecule has 0 spiro atoms. The number of hydrogen-bond acceptors (Lipinski definition) is 6. The minimum absolute atomic E-state index is 0.154. The third-order valence-electron chi connectivity index (χ3n) is 4.08. The van der Waals surface area contributed by atoms with Gasteiger partial charge in [0.2, 0.25) is 0 Å². The van der Waals surface area contributed by atoms with Crippen LogP contribution in [0.1, 0.15) is 18.3 Å². The SMILES string of the molecule is CCn1c(CNc2ccc(Cl)cc2)nnc1SCC(=O)N/N=C/c1ccc(Cl)c(Cl)c1. The number of benzene rings is 2. The van der Waals surface area contributed by atoms with Crippen molar-refractivity contribution in [1.29, 1.82) is 0 Å². The lowest BCUT2D eigenvalue weighted by molar-refractivity contribution is -0.118. The summed E-state index contributed by atoms with van der Waals surface area (Å²) in [5, 5.41) is 17.9. The molecule has 162 valence electrons. The number of hydrogen-bond donors (Lipinski definition) is 2. The highest BCUT2D eigenvalue weighted by atomic mass is 35.5. The van der Waals surface area contributed by atoms with Crippen LogP contribution in [0.4, 0.5) is 5.69 Å². The maximum atomic E-state index is 12.1. The van der Waals surface area contributed by atoms with E-state index in [-0.39, 0.29) is 11.7 Å². The van der Waals surface area contributed by atoms with Gasteiger partial charge in [-0.05, 0) is 48.9 Å². The number of rotatable bonds is 9. The molecule has 0 radical (unpaired) electrons. The molecule has 1 heterocycles. The molecule has 0 bridgehead atoms. The molecule has 0 aliphatic carbocycles. The molecule has 11 heteroatoms. The summed E-state index contributed by atoms with van der Waals surface area (Å²) in [4.78, 5) is 12.1. The molecule has 1 amide bonds. The highest BCUT2D eigenvalue weighted by molar-refractivity contribution is 7.99. The standard InChI is InChI=1S/C20H19Cl3N6OS/c1-2-29-18(11-24-15-6-4-14(21)5-7-15)26-28-20(29)31-12-19(30)27-25-10-13-3-8-16(22)17(23)9-13/h3-10,24H,2,11-12H2,1H3,(H,27,30)/b25-10+. The van der Waals surface area contributed by atoms with E-state index in [4.69, 9.17) is 34.8 Å². The molecule has 1 aromatic heterocycles. The summed E-state index contributed by atoms with van der Waals surface area (Å²) in [5.41, 5.74) is 4.15. The van der Waals surface area contributed by atoms with Crippen molar-refractivity contribution in [2.75, 3.05) is 11.1 Å². The predicted molar refractivity (Wildman–Crippen MR) is 127 cm³/mol. The summed E-state index contributed by atoms with van der Waals surface area (Å²) in [5.74, 6) is 0.673. The highest BCUT2D eigenvalue weighted by Crippen LogP contribution is 2.22. The first-order chi connectivity index (χ1) is 15.0. The van der Waals surface area contributed by atoms with Gasteiger partial charge in [-0.1, -0.05) is 52.6 Å². The van der Waals surface area contributed by atoms with Gasteiger partial charge in [-0.2, -0.15) is 5.10 Å². The van der Waals surface area contributed by atoms with Crippen LogP contribution in [0, 0.1) is 0 Å². The quantitative estimate of drug-likeness (QED) is 0.244. The third kappa shape index (κ3) is 6.87. The fourth-order valence-electron chi connectivity index (χ4n) is 2.56. The minimum Gasteiger partial charge on any atom is -0.378 e. The van der Waals surface area contributed by atoms with Gasteiger partial charge in [0.25, 0.3) is 5.91 Å². The Bertz CT molecular complexity index is 1070. The summed E-state index contributed by atoms with van der Waals surface area (Å²) in [7, 11) is 0. The molecule has 3 aromatic rings. The average molecular weight is 498 g/mol. The van der Waals surface area contributed by atoms with Gasteiger partial charge in [-0.15, -0.1) is 10.2 Å². The smallest absolute Gasteiger partial charge is 0.250 e. The Morgan fingerprint density at radius 3 is 2.61 bits per heavy atom. The monoisotopic (exact) mass is 496 g/mol. The van der Waals surface area contributed by atoms with Crippen LogP contribution in [-0.2, 0) is 17.9 Å². The molecule has 0 aliphatic heterocycles. The number of hydrazone groups is 1. The van der Waals surface area contributed by atoms with Gasteiger partial charge >= 0.3 is 0 Å². The van der Waals surface area contributed by atoms with Gasteiger partial charge in [0.05, 0.1) is 28.6 Å². The lowest BCUT2D eigenvalue weighted by Crippen LogP contribution is -2.20. The summed E-state index contributed by atoms with van der Waals surface area (Å²) in [6.45, 7) is 3.19. The second kappa shape index (κ2) is 11.4. The van der Waals surface area contributed by atoms with Crippen LogP contribution >= 0.6 is 46.6 Å². The molecule has 31 heavy (non-hydrogen) atoms. The van der Waals surface area contributed by atoms with Crippen LogP contribution in [0.25, 0.3) is 0 Å². The molecule has 0 atom stereocenters. The van der Waals surface area contributed by atoms with Crippen molar-refractivity contribution >= 4 is 64.4 Å². The van der Waals surface area contributed by atoms with E-state index in [0.717, 1.165) is 17.1 Å². The van der Waals surface area contributed by atoms with E-state index in [1.807, 2.05) is 35.8 Å². The van der Waals surface area contributed by atoms with Crippen molar-refractivity contribution < 1.29 is 4.79 Å². The summed E-state index contributed by atoms with van der Waals surface area (Å²) >= 11 is 19.0. The molecule has 0 saturated carbocycles. The first kappa shape index (κ1) is 23.4. The third-order valence-corrected chi connectivity index (χ3v) is 6.04. The molecular weight excluding hydrogens is 479 g/mol. The maximum Gasteiger partial charge on any atom is 0.250 e. The predicted octanol–water partition coefficient (Wildman–Crippen LogP) is 5.11. The zero-order chi connectivity index (χ0) is 22.2. The Labute approximate surface area is 199 Å². The molecular formula is C20H19Cl3N6OS. The number of nitrogens with one attached hydrogen (secondary N) is 2. The molecule has 0 saturated heterocycles. The maximum absolute atomic E-state index is 12.1. The van der Waals surface area contributed by atoms with Gasteiger partial charge in [0, 0.05) is 17.3 Å². The van der Waals surface area contributed by atoms with Crippen molar-refractivity contribution in [3.63, 3.8) is 0 Å². The Kier molecular flexibility index (Phi) is 8.60. The highest BCUT2D eigenvalue weighted by Gasteiger charge is 2.13. The van der Waals surface area contributed by atoms with Gasteiger partial charge in [-0.25, -0.2) is 5.43 Å². The molecule has 2 N–H and O–H groups in total. The lowest BCUT2D eigenvalue weighted by atomic mass is 10.2. The Morgan fingerprint density at radius 2 is 1.90 bits per heavy atom. The second-order valence-corrected chi connectivity index (χ2v) is 8.45. The summed E-state index contributed by atoms with van der Waals surface area (Å²) in [6, 6.07) is 12.5. The average Bonchev–Trinajstić information content (AvgIpc) is 3.16. The topological polar surface area (TPSA) is 84.2 Å². The summed E-state index contributed by atoms with van der Waals surface area (Å²) < 4.78 is 1.96. The van der Waals surface area contributed by atoms with E-state index in [1.165, 1.54) is 18.0 Å². The first-order valence-electron chi connectivity index (χ1n) is 9.27. The molecule has 2 aromatic carbocycles. The van der Waals surface area contributed by atoms with Crippen molar-refractivity contribution in [3.05, 3.63) is 68.9 Å². The van der Waals surface area contributed by atoms with E-state index in [2.05, 4.69) is 26.0 Å². The van der Waals surface area contributed by atoms with Crippen LogP contribution in [0.15, 0.2) is 52.7 Å². The number of anilines is 1. The van der Waals surface area contributed by atoms with E-state index >= 15 is 0 Å². The normalized spacial score (nSPS) is 11.1. The zero-order valence-corrected chi connectivity index (χ0v) is 19.6. The Balaban J connectivity index is 1.51. The Morgan fingerprint density at radius 1 is 1.13 bits per heavy atom. The molecule has 0 unspecified atom stereocenters. The molecule has 7 nitrogen and oxygen atoms in total. The number of aromatic nitrogens is 3. The van der Waals surface area contributed by atoms with Gasteiger partial charge in [-0.3, -0.25) is 4.79 Å². The van der Waals surface area contributed by atoms with Gasteiger partial charge in [0.1, 0.15) is 0 Å². The second-order valence-electron chi connectivity index (χ2n) is 6.26. The fraction of sp³-hybridized carbons (Fsp3) is 0.200. The first-order valence-corrected chi connectivity index (χ1v) is 11.4. The van der Waals surface area contributed by atoms with Gasteiger partial charge in [0.15, 0.2) is 11.0 Å². The number of carbonyl (C=O) groups is 1. The van der Waals surface area contributed by atoms with Crippen LogP contribution in [0.5, 0.6) is 0 Å². The van der Waals surface area contributed by atoms with Gasteiger partial charge < -0.3 is 9.88 Å². The van der Waals surface area contributed by atoms with Crippen LogP contribution in [0.3, 0.4) is 0 Å². The van der Waals surface area contributed by atoms with E-state index in [0.29, 0.717) is 33.3 Å². The zero-order valence-electron chi connectivity index (χ0n) is 16.5. The molecule has 3 rings (SSSR count). The van der Waals surface area contributed by atoms with E-state index in [1.54, 1.807) is 18.2 Å². The van der Waals surface area contributed by atoms with Crippen LogP contribution in [0.2, 0.25) is 15.1 Å². The fourth-order valence-corrected chi connectivity index (χ4v) is 3.80. The number of thioether (sulfide) groups is 1. The van der Waals surface area contributed by atoms with Crippen LogP contribution < -0.4 is 10.7 Å². The Hall–Kier alpha value is -2.26. The number of halogens is 3. The molecule has 0 aliphatic rings. The molecule has 0 fully saturated rings. The van der Waals surface area contributed by atoms with E-state index in [9.17, 15) is 4.79 Å². The lowest BCUT2D eigenvalue weighted by Gasteiger charge is -2.09. The largest absolute Gasteiger partial charge is 0.378 e. The van der Waals surface area contributed by atoms with Crippen LogP contribution in [-0.4, -0.2) is 32.6 Å². The number of amides is 1. The van der Waals surface area contributed by atoms with Crippen molar-refractivity contribution in [1.82, 2.24) is 20.2 Å². The minimum atomic E-state index is -0.257. The van der Waals surface area contributed by atoms with Crippen molar-refractivity contribution in [2.24, 2.45) is 5.10 Å². The number of nitrogens with zero attached hydrogens (tertiary/aromatic N) is 4. The summed E-state index contributed by atoms with van der Waals surface area (Å²) in [6.07, 6.45) is 1.50. The van der Waals surface area contributed by atoms with Crippen molar-refractivity contribution in [3.8, 4) is 0 Å².